The number of thiazole rings is 1. The summed E-state index contributed by atoms with van der Waals surface area (Å²) in [7, 11) is 0. The SMILES string of the molecule is CCOc1ccccc1-c1nc(CC(=O)NC(CC)c2ccc3c(c2)OCCO3)cs1. The first-order valence-corrected chi connectivity index (χ1v) is 11.4. The molecule has 0 saturated carbocycles. The molecule has 1 aliphatic heterocycles. The van der Waals surface area contributed by atoms with Gasteiger partial charge >= 0.3 is 0 Å². The second kappa shape index (κ2) is 9.83. The van der Waals surface area contributed by atoms with Crippen LogP contribution in [0.2, 0.25) is 0 Å². The Hall–Kier alpha value is -3.06. The number of fused-ring (bicyclic) bond motifs is 1. The molecule has 1 unspecified atom stereocenters. The van der Waals surface area contributed by atoms with Crippen molar-refractivity contribution >= 4 is 17.2 Å². The summed E-state index contributed by atoms with van der Waals surface area (Å²) in [5, 5.41) is 5.91. The van der Waals surface area contributed by atoms with Gasteiger partial charge in [-0.1, -0.05) is 25.1 Å². The molecule has 7 heteroatoms. The third-order valence-corrected chi connectivity index (χ3v) is 5.95. The molecular weight excluding hydrogens is 412 g/mol. The summed E-state index contributed by atoms with van der Waals surface area (Å²) in [6.07, 6.45) is 1.00. The summed E-state index contributed by atoms with van der Waals surface area (Å²) >= 11 is 1.52. The van der Waals surface area contributed by atoms with Gasteiger partial charge in [0.2, 0.25) is 5.91 Å². The first kappa shape index (κ1) is 21.2. The van der Waals surface area contributed by atoms with E-state index in [1.807, 2.05) is 61.7 Å². The number of hydrogen-bond acceptors (Lipinski definition) is 6. The van der Waals surface area contributed by atoms with Crippen LogP contribution in [0.1, 0.15) is 37.6 Å². The van der Waals surface area contributed by atoms with Crippen molar-refractivity contribution in [3.05, 3.63) is 59.1 Å². The van der Waals surface area contributed by atoms with E-state index in [0.29, 0.717) is 19.8 Å². The first-order chi connectivity index (χ1) is 15.2. The van der Waals surface area contributed by atoms with Crippen molar-refractivity contribution in [1.29, 1.82) is 0 Å². The van der Waals surface area contributed by atoms with Crippen molar-refractivity contribution in [2.75, 3.05) is 19.8 Å². The Morgan fingerprint density at radius 2 is 1.97 bits per heavy atom. The topological polar surface area (TPSA) is 69.7 Å². The Labute approximate surface area is 186 Å². The smallest absolute Gasteiger partial charge is 0.226 e. The van der Waals surface area contributed by atoms with Crippen LogP contribution < -0.4 is 19.5 Å². The van der Waals surface area contributed by atoms with E-state index in [4.69, 9.17) is 14.2 Å². The van der Waals surface area contributed by atoms with Gasteiger partial charge in [-0.15, -0.1) is 11.3 Å². The van der Waals surface area contributed by atoms with Gasteiger partial charge in [-0.25, -0.2) is 4.98 Å². The van der Waals surface area contributed by atoms with Crippen LogP contribution in [-0.4, -0.2) is 30.7 Å². The molecule has 1 aliphatic rings. The molecule has 1 N–H and O–H groups in total. The van der Waals surface area contributed by atoms with Crippen molar-refractivity contribution < 1.29 is 19.0 Å². The van der Waals surface area contributed by atoms with Crippen LogP contribution in [-0.2, 0) is 11.2 Å². The predicted octanol–water partition coefficient (Wildman–Crippen LogP) is 4.79. The van der Waals surface area contributed by atoms with Crippen LogP contribution in [0.4, 0.5) is 0 Å². The van der Waals surface area contributed by atoms with E-state index < -0.39 is 0 Å². The quantitative estimate of drug-likeness (QED) is 0.548. The number of nitrogens with one attached hydrogen (secondary N) is 1. The number of ether oxygens (including phenoxy) is 3. The lowest BCUT2D eigenvalue weighted by Gasteiger charge is -2.22. The molecule has 0 saturated heterocycles. The van der Waals surface area contributed by atoms with E-state index in [1.165, 1.54) is 11.3 Å². The maximum absolute atomic E-state index is 12.7. The van der Waals surface area contributed by atoms with Gasteiger partial charge in [0, 0.05) is 5.38 Å². The highest BCUT2D eigenvalue weighted by molar-refractivity contribution is 7.13. The van der Waals surface area contributed by atoms with Gasteiger partial charge in [0.15, 0.2) is 11.5 Å². The number of aromatic nitrogens is 1. The molecule has 0 spiro atoms. The molecule has 2 heterocycles. The van der Waals surface area contributed by atoms with Crippen molar-refractivity contribution in [3.8, 4) is 27.8 Å². The minimum Gasteiger partial charge on any atom is -0.493 e. The molecule has 162 valence electrons. The summed E-state index contributed by atoms with van der Waals surface area (Å²) in [5.74, 6) is 2.23. The second-order valence-electron chi connectivity index (χ2n) is 7.18. The monoisotopic (exact) mass is 438 g/mol. The standard InChI is InChI=1S/C24H26N2O4S/c1-3-19(16-9-10-21-22(13-16)30-12-11-29-21)26-23(27)14-17-15-31-24(25-17)18-7-5-6-8-20(18)28-4-2/h5-10,13,15,19H,3-4,11-12,14H2,1-2H3,(H,26,27). The number of benzene rings is 2. The van der Waals surface area contributed by atoms with Crippen molar-refractivity contribution in [3.63, 3.8) is 0 Å². The minimum atomic E-state index is -0.0971. The van der Waals surface area contributed by atoms with Gasteiger partial charge in [0.05, 0.1) is 30.3 Å². The van der Waals surface area contributed by atoms with E-state index in [0.717, 1.165) is 45.5 Å². The minimum absolute atomic E-state index is 0.0586. The van der Waals surface area contributed by atoms with E-state index in [9.17, 15) is 4.79 Å². The van der Waals surface area contributed by atoms with Gasteiger partial charge in [-0.05, 0) is 43.2 Å². The van der Waals surface area contributed by atoms with Crippen LogP contribution >= 0.6 is 11.3 Å². The Kier molecular flexibility index (Phi) is 6.72. The van der Waals surface area contributed by atoms with Gasteiger partial charge in [0.1, 0.15) is 24.0 Å². The molecule has 3 aromatic rings. The molecule has 0 radical (unpaired) electrons. The predicted molar refractivity (Wildman–Crippen MR) is 121 cm³/mol. The van der Waals surface area contributed by atoms with E-state index in [-0.39, 0.29) is 18.4 Å². The van der Waals surface area contributed by atoms with Crippen molar-refractivity contribution in [1.82, 2.24) is 10.3 Å². The lowest BCUT2D eigenvalue weighted by atomic mass is 10.0. The molecule has 0 aliphatic carbocycles. The number of rotatable bonds is 8. The van der Waals surface area contributed by atoms with Crippen LogP contribution in [0.25, 0.3) is 10.6 Å². The van der Waals surface area contributed by atoms with Crippen LogP contribution in [0.3, 0.4) is 0 Å². The van der Waals surface area contributed by atoms with E-state index in [1.54, 1.807) is 0 Å². The maximum atomic E-state index is 12.7. The highest BCUT2D eigenvalue weighted by atomic mass is 32.1. The van der Waals surface area contributed by atoms with Crippen LogP contribution in [0.5, 0.6) is 17.2 Å². The van der Waals surface area contributed by atoms with Gasteiger partial charge in [-0.2, -0.15) is 0 Å². The Bertz CT molecular complexity index is 1050. The number of carbonyl (C=O) groups excluding carboxylic acids is 1. The van der Waals surface area contributed by atoms with Crippen molar-refractivity contribution in [2.45, 2.75) is 32.7 Å². The summed E-state index contributed by atoms with van der Waals surface area (Å²) < 4.78 is 17.0. The van der Waals surface area contributed by atoms with Crippen LogP contribution in [0, 0.1) is 0 Å². The molecule has 0 fully saturated rings. The molecule has 31 heavy (non-hydrogen) atoms. The molecule has 1 aromatic heterocycles. The lowest BCUT2D eigenvalue weighted by molar-refractivity contribution is -0.121. The van der Waals surface area contributed by atoms with Gasteiger partial charge in [0.25, 0.3) is 0 Å². The highest BCUT2D eigenvalue weighted by Gasteiger charge is 2.19. The number of carbonyl (C=O) groups is 1. The largest absolute Gasteiger partial charge is 0.493 e. The zero-order chi connectivity index (χ0) is 21.6. The average Bonchev–Trinajstić information content (AvgIpc) is 3.26. The van der Waals surface area contributed by atoms with Crippen molar-refractivity contribution in [2.24, 2.45) is 0 Å². The fourth-order valence-electron chi connectivity index (χ4n) is 3.54. The Morgan fingerprint density at radius 3 is 2.77 bits per heavy atom. The second-order valence-corrected chi connectivity index (χ2v) is 8.04. The molecule has 6 nitrogen and oxygen atoms in total. The lowest BCUT2D eigenvalue weighted by Crippen LogP contribution is -2.29. The summed E-state index contributed by atoms with van der Waals surface area (Å²) in [5.41, 5.74) is 2.70. The fraction of sp³-hybridized carbons (Fsp3) is 0.333. The molecule has 4 rings (SSSR count). The average molecular weight is 439 g/mol. The number of nitrogens with zero attached hydrogens (tertiary/aromatic N) is 1. The number of amides is 1. The first-order valence-electron chi connectivity index (χ1n) is 10.5. The van der Waals surface area contributed by atoms with E-state index >= 15 is 0 Å². The molecule has 2 aromatic carbocycles. The summed E-state index contributed by atoms with van der Waals surface area (Å²) in [6.45, 7) is 5.70. The molecule has 1 atom stereocenters. The van der Waals surface area contributed by atoms with Gasteiger partial charge < -0.3 is 19.5 Å². The van der Waals surface area contributed by atoms with E-state index in [2.05, 4.69) is 10.3 Å². The number of para-hydroxylation sites is 1. The Morgan fingerprint density at radius 1 is 1.16 bits per heavy atom. The Balaban J connectivity index is 1.43. The molecule has 0 bridgehead atoms. The maximum Gasteiger partial charge on any atom is 0.226 e. The third-order valence-electron chi connectivity index (χ3n) is 5.02. The zero-order valence-corrected chi connectivity index (χ0v) is 18.5. The summed E-state index contributed by atoms with van der Waals surface area (Å²) in [4.78, 5) is 17.4. The van der Waals surface area contributed by atoms with Gasteiger partial charge in [-0.3, -0.25) is 4.79 Å². The molecule has 1 amide bonds. The highest BCUT2D eigenvalue weighted by Crippen LogP contribution is 2.34. The fourth-order valence-corrected chi connectivity index (χ4v) is 4.39. The normalized spacial score (nSPS) is 13.5. The molecular formula is C24H26N2O4S. The summed E-state index contributed by atoms with van der Waals surface area (Å²) in [6, 6.07) is 13.6. The third kappa shape index (κ3) is 4.99. The number of hydrogen-bond donors (Lipinski definition) is 1. The van der Waals surface area contributed by atoms with Crippen LogP contribution in [0.15, 0.2) is 47.8 Å². The zero-order valence-electron chi connectivity index (χ0n) is 17.7.